The lowest BCUT2D eigenvalue weighted by atomic mass is 9.83. The van der Waals surface area contributed by atoms with Crippen LogP contribution in [-0.2, 0) is 0 Å². The Kier molecular flexibility index (Phi) is 5.47. The number of rotatable bonds is 3. The van der Waals surface area contributed by atoms with Crippen molar-refractivity contribution in [2.45, 2.75) is 6.92 Å². The molecular weight excluding hydrogens is 492 g/mol. The van der Waals surface area contributed by atoms with Gasteiger partial charge in [0.1, 0.15) is 0 Å². The van der Waals surface area contributed by atoms with E-state index in [9.17, 15) is 0 Å². The molecule has 41 heavy (non-hydrogen) atoms. The molecular formula is C41H28. The van der Waals surface area contributed by atoms with Crippen LogP contribution in [0.1, 0.15) is 5.56 Å². The average molecular weight is 521 g/mol. The van der Waals surface area contributed by atoms with Crippen LogP contribution in [0.5, 0.6) is 0 Å². The van der Waals surface area contributed by atoms with Gasteiger partial charge in [-0.2, -0.15) is 0 Å². The predicted octanol–water partition coefficient (Wildman–Crippen LogP) is 11.6. The van der Waals surface area contributed by atoms with Crippen LogP contribution in [0.4, 0.5) is 0 Å². The third-order valence-electron chi connectivity index (χ3n) is 8.60. The van der Waals surface area contributed by atoms with Crippen molar-refractivity contribution < 1.29 is 0 Å². The van der Waals surface area contributed by atoms with E-state index in [0.29, 0.717) is 0 Å². The molecule has 0 spiro atoms. The fourth-order valence-corrected chi connectivity index (χ4v) is 6.70. The second-order valence-corrected chi connectivity index (χ2v) is 10.9. The van der Waals surface area contributed by atoms with E-state index in [1.165, 1.54) is 82.0 Å². The Bertz CT molecular complexity index is 2250. The third-order valence-corrected chi connectivity index (χ3v) is 8.60. The van der Waals surface area contributed by atoms with Gasteiger partial charge in [-0.05, 0) is 95.0 Å². The van der Waals surface area contributed by atoms with Crippen LogP contribution in [0.2, 0.25) is 0 Å². The summed E-state index contributed by atoms with van der Waals surface area (Å²) in [6.45, 7) is 2.21. The van der Waals surface area contributed by atoms with Gasteiger partial charge in [0.15, 0.2) is 0 Å². The van der Waals surface area contributed by atoms with Crippen LogP contribution in [0.3, 0.4) is 0 Å². The minimum Gasteiger partial charge on any atom is -0.0622 e. The first-order valence-corrected chi connectivity index (χ1v) is 14.3. The van der Waals surface area contributed by atoms with E-state index in [2.05, 4.69) is 159 Å². The Morgan fingerprint density at radius 2 is 0.927 bits per heavy atom. The van der Waals surface area contributed by atoms with E-state index < -0.39 is 0 Å². The van der Waals surface area contributed by atoms with Crippen molar-refractivity contribution in [3.8, 4) is 33.4 Å². The lowest BCUT2D eigenvalue weighted by Crippen LogP contribution is -1.93. The van der Waals surface area contributed by atoms with Gasteiger partial charge in [-0.25, -0.2) is 0 Å². The summed E-state index contributed by atoms with van der Waals surface area (Å²) < 4.78 is 0. The molecule has 0 atom stereocenters. The Hall–Kier alpha value is -5.20. The molecule has 0 bridgehead atoms. The highest BCUT2D eigenvalue weighted by atomic mass is 14.2. The lowest BCUT2D eigenvalue weighted by molar-refractivity contribution is 1.53. The lowest BCUT2D eigenvalue weighted by Gasteiger charge is -2.20. The van der Waals surface area contributed by atoms with Gasteiger partial charge in [0.2, 0.25) is 0 Å². The Balaban J connectivity index is 1.56. The van der Waals surface area contributed by atoms with Crippen LogP contribution >= 0.6 is 0 Å². The second-order valence-electron chi connectivity index (χ2n) is 10.9. The second kappa shape index (κ2) is 9.47. The SMILES string of the molecule is Cc1ccc(-c2c3ccccc3c(-c3ccccc3)c3ccc(-c4cccc5ccccc45)cc23)c2ccccc12. The molecule has 0 unspecified atom stereocenters. The molecule has 192 valence electrons. The van der Waals surface area contributed by atoms with Crippen LogP contribution < -0.4 is 0 Å². The Morgan fingerprint density at radius 1 is 0.317 bits per heavy atom. The Labute approximate surface area is 240 Å². The summed E-state index contributed by atoms with van der Waals surface area (Å²) in [4.78, 5) is 0. The molecule has 0 aliphatic rings. The standard InChI is InChI=1S/C41H28/c1-27-22-24-37(34-18-8-7-16-31(27)34)41-36-20-10-9-19-35(36)40(29-13-3-2-4-14-29)38-25-23-30(26-39(38)41)33-21-11-15-28-12-5-6-17-32(28)33/h2-26H,1H3. The largest absolute Gasteiger partial charge is 0.0622 e. The first kappa shape index (κ1) is 23.7. The van der Waals surface area contributed by atoms with E-state index in [4.69, 9.17) is 0 Å². The fraction of sp³-hybridized carbons (Fsp3) is 0.0244. The zero-order valence-corrected chi connectivity index (χ0v) is 22.9. The van der Waals surface area contributed by atoms with Gasteiger partial charge in [-0.3, -0.25) is 0 Å². The molecule has 0 aromatic heterocycles. The van der Waals surface area contributed by atoms with Crippen LogP contribution in [0.25, 0.3) is 76.5 Å². The summed E-state index contributed by atoms with van der Waals surface area (Å²) in [6.07, 6.45) is 0. The van der Waals surface area contributed by atoms with Gasteiger partial charge in [0, 0.05) is 0 Å². The van der Waals surface area contributed by atoms with Gasteiger partial charge in [0.05, 0.1) is 0 Å². The van der Waals surface area contributed by atoms with E-state index in [0.717, 1.165) is 0 Å². The van der Waals surface area contributed by atoms with E-state index in [-0.39, 0.29) is 0 Å². The molecule has 0 saturated carbocycles. The molecule has 8 aromatic rings. The predicted molar refractivity (Wildman–Crippen MR) is 178 cm³/mol. The summed E-state index contributed by atoms with van der Waals surface area (Å²) in [6, 6.07) is 55.6. The normalized spacial score (nSPS) is 11.5. The summed E-state index contributed by atoms with van der Waals surface area (Å²) in [7, 11) is 0. The topological polar surface area (TPSA) is 0 Å². The molecule has 0 fully saturated rings. The summed E-state index contributed by atoms with van der Waals surface area (Å²) in [5, 5.41) is 10.3. The zero-order chi connectivity index (χ0) is 27.3. The molecule has 0 aliphatic carbocycles. The molecule has 0 heteroatoms. The molecule has 0 N–H and O–H groups in total. The van der Waals surface area contributed by atoms with Crippen molar-refractivity contribution in [2.75, 3.05) is 0 Å². The molecule has 8 aromatic carbocycles. The zero-order valence-electron chi connectivity index (χ0n) is 22.9. The van der Waals surface area contributed by atoms with Crippen molar-refractivity contribution in [2.24, 2.45) is 0 Å². The van der Waals surface area contributed by atoms with Gasteiger partial charge >= 0.3 is 0 Å². The average Bonchev–Trinajstić information content (AvgIpc) is 3.04. The van der Waals surface area contributed by atoms with Crippen molar-refractivity contribution in [3.63, 3.8) is 0 Å². The summed E-state index contributed by atoms with van der Waals surface area (Å²) in [5.74, 6) is 0. The van der Waals surface area contributed by atoms with Gasteiger partial charge in [-0.1, -0.05) is 146 Å². The molecule has 0 aliphatic heterocycles. The monoisotopic (exact) mass is 520 g/mol. The maximum atomic E-state index is 2.43. The van der Waals surface area contributed by atoms with E-state index in [1.54, 1.807) is 0 Å². The summed E-state index contributed by atoms with van der Waals surface area (Å²) >= 11 is 0. The van der Waals surface area contributed by atoms with Crippen molar-refractivity contribution >= 4 is 43.1 Å². The molecule has 0 saturated heterocycles. The molecule has 0 heterocycles. The van der Waals surface area contributed by atoms with Crippen molar-refractivity contribution in [1.82, 2.24) is 0 Å². The number of hydrogen-bond donors (Lipinski definition) is 0. The molecule has 8 rings (SSSR count). The minimum absolute atomic E-state index is 1.24. The first-order valence-electron chi connectivity index (χ1n) is 14.3. The Morgan fingerprint density at radius 3 is 1.73 bits per heavy atom. The van der Waals surface area contributed by atoms with Crippen molar-refractivity contribution in [3.05, 3.63) is 157 Å². The number of hydrogen-bond acceptors (Lipinski definition) is 0. The fourth-order valence-electron chi connectivity index (χ4n) is 6.70. The maximum Gasteiger partial charge on any atom is -0.00199 e. The van der Waals surface area contributed by atoms with Crippen LogP contribution in [0.15, 0.2) is 152 Å². The number of aryl methyl sites for hydroxylation is 1. The maximum absolute atomic E-state index is 2.43. The quantitative estimate of drug-likeness (QED) is 0.203. The highest BCUT2D eigenvalue weighted by molar-refractivity contribution is 6.24. The highest BCUT2D eigenvalue weighted by Gasteiger charge is 2.19. The molecule has 0 radical (unpaired) electrons. The third kappa shape index (κ3) is 3.76. The highest BCUT2D eigenvalue weighted by Crippen LogP contribution is 2.46. The van der Waals surface area contributed by atoms with Gasteiger partial charge in [0.25, 0.3) is 0 Å². The molecule has 0 amide bonds. The van der Waals surface area contributed by atoms with E-state index in [1.807, 2.05) is 0 Å². The van der Waals surface area contributed by atoms with Crippen LogP contribution in [0, 0.1) is 6.92 Å². The van der Waals surface area contributed by atoms with Gasteiger partial charge in [-0.15, -0.1) is 0 Å². The number of fused-ring (bicyclic) bond motifs is 4. The van der Waals surface area contributed by atoms with E-state index >= 15 is 0 Å². The van der Waals surface area contributed by atoms with Crippen LogP contribution in [-0.4, -0.2) is 0 Å². The number of benzene rings is 8. The molecule has 0 nitrogen and oxygen atoms in total. The summed E-state index contributed by atoms with van der Waals surface area (Å²) in [5.41, 5.74) is 8.92. The first-order chi connectivity index (χ1) is 20.3. The van der Waals surface area contributed by atoms with Crippen molar-refractivity contribution in [1.29, 1.82) is 0 Å². The van der Waals surface area contributed by atoms with Gasteiger partial charge < -0.3 is 0 Å². The minimum atomic E-state index is 1.24. The smallest absolute Gasteiger partial charge is 0.00199 e.